The standard InChI is InChI=1S/C19H20F3N5OS/c1-12-15(6-7-24-11-17(28)27-8-2-3-14(27)9-23)26-18(29-12)16-5-4-13(10-25-16)19(20,21)22/h4-5,10,14,24H,2-3,6-8,11H2,1H3/t14-/m0/s1. The summed E-state index contributed by atoms with van der Waals surface area (Å²) >= 11 is 1.37. The van der Waals surface area contributed by atoms with Crippen molar-refractivity contribution < 1.29 is 18.0 Å². The predicted octanol–water partition coefficient (Wildman–Crippen LogP) is 3.18. The molecule has 1 fully saturated rings. The van der Waals surface area contributed by atoms with E-state index in [-0.39, 0.29) is 18.5 Å². The van der Waals surface area contributed by atoms with E-state index in [1.165, 1.54) is 17.4 Å². The topological polar surface area (TPSA) is 81.9 Å². The maximum Gasteiger partial charge on any atom is 0.417 e. The van der Waals surface area contributed by atoms with Crippen LogP contribution < -0.4 is 5.32 Å². The SMILES string of the molecule is Cc1sc(-c2ccc(C(F)(F)F)cn2)nc1CCNCC(=O)N1CCC[C@H]1C#N. The molecule has 0 saturated carbocycles. The van der Waals surface area contributed by atoms with Gasteiger partial charge in [-0.2, -0.15) is 18.4 Å². The van der Waals surface area contributed by atoms with Gasteiger partial charge in [-0.25, -0.2) is 4.98 Å². The fourth-order valence-corrected chi connectivity index (χ4v) is 4.10. The van der Waals surface area contributed by atoms with Crippen LogP contribution in [0, 0.1) is 18.3 Å². The van der Waals surface area contributed by atoms with Crippen molar-refractivity contribution in [3.05, 3.63) is 34.5 Å². The van der Waals surface area contributed by atoms with Gasteiger partial charge in [0.2, 0.25) is 5.91 Å². The molecular formula is C19H20F3N5OS. The van der Waals surface area contributed by atoms with E-state index in [0.717, 1.165) is 35.7 Å². The molecule has 0 unspecified atom stereocenters. The number of halogens is 3. The molecule has 6 nitrogen and oxygen atoms in total. The number of hydrogen-bond donors (Lipinski definition) is 1. The second-order valence-electron chi connectivity index (χ2n) is 6.75. The van der Waals surface area contributed by atoms with Crippen LogP contribution in [0.15, 0.2) is 18.3 Å². The van der Waals surface area contributed by atoms with E-state index in [4.69, 9.17) is 5.26 Å². The van der Waals surface area contributed by atoms with Crippen molar-refractivity contribution in [3.63, 3.8) is 0 Å². The molecule has 1 N–H and O–H groups in total. The molecule has 10 heteroatoms. The Balaban J connectivity index is 1.53. The number of nitrogens with zero attached hydrogens (tertiary/aromatic N) is 4. The number of pyridine rings is 1. The first-order valence-electron chi connectivity index (χ1n) is 9.19. The van der Waals surface area contributed by atoms with Crippen molar-refractivity contribution in [1.29, 1.82) is 5.26 Å². The Morgan fingerprint density at radius 1 is 1.45 bits per heavy atom. The highest BCUT2D eigenvalue weighted by molar-refractivity contribution is 7.15. The Hall–Kier alpha value is -2.51. The van der Waals surface area contributed by atoms with Gasteiger partial charge in [-0.15, -0.1) is 11.3 Å². The molecule has 2 aromatic heterocycles. The quantitative estimate of drug-likeness (QED) is 0.722. The van der Waals surface area contributed by atoms with Crippen LogP contribution in [0.25, 0.3) is 10.7 Å². The molecule has 0 bridgehead atoms. The average molecular weight is 423 g/mol. The summed E-state index contributed by atoms with van der Waals surface area (Å²) in [7, 11) is 0. The molecule has 0 aromatic carbocycles. The monoisotopic (exact) mass is 423 g/mol. The zero-order valence-electron chi connectivity index (χ0n) is 15.8. The second-order valence-corrected chi connectivity index (χ2v) is 7.96. The molecule has 0 spiro atoms. The number of rotatable bonds is 6. The normalized spacial score (nSPS) is 16.8. The number of aromatic nitrogens is 2. The smallest absolute Gasteiger partial charge is 0.326 e. The minimum atomic E-state index is -4.42. The Bertz CT molecular complexity index is 904. The summed E-state index contributed by atoms with van der Waals surface area (Å²) in [6, 6.07) is 4.14. The lowest BCUT2D eigenvalue weighted by Crippen LogP contribution is -2.41. The van der Waals surface area contributed by atoms with Crippen LogP contribution >= 0.6 is 11.3 Å². The summed E-state index contributed by atoms with van der Waals surface area (Å²) in [4.78, 5) is 23.1. The van der Waals surface area contributed by atoms with Gasteiger partial charge in [0.05, 0.1) is 29.6 Å². The van der Waals surface area contributed by atoms with Gasteiger partial charge in [-0.05, 0) is 31.9 Å². The van der Waals surface area contributed by atoms with Gasteiger partial charge in [-0.1, -0.05) is 0 Å². The predicted molar refractivity (Wildman–Crippen MR) is 102 cm³/mol. The number of amides is 1. The number of aryl methyl sites for hydroxylation is 1. The van der Waals surface area contributed by atoms with Crippen LogP contribution in [0.1, 0.15) is 29.0 Å². The van der Waals surface area contributed by atoms with Crippen molar-refractivity contribution in [3.8, 4) is 16.8 Å². The lowest BCUT2D eigenvalue weighted by atomic mass is 10.2. The number of nitriles is 1. The van der Waals surface area contributed by atoms with Crippen LogP contribution in [0.5, 0.6) is 0 Å². The summed E-state index contributed by atoms with van der Waals surface area (Å²) in [6.45, 7) is 3.21. The molecule has 2 aromatic rings. The first-order valence-corrected chi connectivity index (χ1v) is 10.0. The third-order valence-electron chi connectivity index (χ3n) is 4.74. The third-order valence-corrected chi connectivity index (χ3v) is 5.78. The van der Waals surface area contributed by atoms with Crippen molar-refractivity contribution in [2.75, 3.05) is 19.6 Å². The molecule has 1 aliphatic heterocycles. The summed E-state index contributed by atoms with van der Waals surface area (Å²) in [5.41, 5.74) is 0.431. The van der Waals surface area contributed by atoms with Gasteiger partial charge in [0.25, 0.3) is 0 Å². The number of hydrogen-bond acceptors (Lipinski definition) is 6. The molecule has 29 heavy (non-hydrogen) atoms. The Morgan fingerprint density at radius 3 is 2.90 bits per heavy atom. The van der Waals surface area contributed by atoms with E-state index in [0.29, 0.717) is 30.2 Å². The van der Waals surface area contributed by atoms with Gasteiger partial charge in [0.1, 0.15) is 11.0 Å². The molecule has 0 aliphatic carbocycles. The molecule has 1 saturated heterocycles. The van der Waals surface area contributed by atoms with E-state index < -0.39 is 11.7 Å². The fraction of sp³-hybridized carbons (Fsp3) is 0.474. The summed E-state index contributed by atoms with van der Waals surface area (Å²) in [5.74, 6) is -0.0845. The van der Waals surface area contributed by atoms with E-state index in [1.54, 1.807) is 4.90 Å². The highest BCUT2D eigenvalue weighted by Crippen LogP contribution is 2.31. The molecule has 1 amide bonds. The average Bonchev–Trinajstić information content (AvgIpc) is 3.31. The molecule has 154 valence electrons. The molecule has 0 radical (unpaired) electrons. The summed E-state index contributed by atoms with van der Waals surface area (Å²) in [6.07, 6.45) is -1.45. The zero-order chi connectivity index (χ0) is 21.0. The van der Waals surface area contributed by atoms with Crippen molar-refractivity contribution >= 4 is 17.2 Å². The number of alkyl halides is 3. The van der Waals surface area contributed by atoms with Gasteiger partial charge in [-0.3, -0.25) is 9.78 Å². The number of carbonyl (C=O) groups excluding carboxylic acids is 1. The Morgan fingerprint density at radius 2 is 2.24 bits per heavy atom. The van der Waals surface area contributed by atoms with Gasteiger partial charge in [0, 0.05) is 30.6 Å². The van der Waals surface area contributed by atoms with Crippen molar-refractivity contribution in [2.24, 2.45) is 0 Å². The number of nitrogens with one attached hydrogen (secondary N) is 1. The minimum Gasteiger partial charge on any atom is -0.326 e. The first-order chi connectivity index (χ1) is 13.8. The number of likely N-dealkylation sites (tertiary alicyclic amines) is 1. The lowest BCUT2D eigenvalue weighted by molar-refractivity contribution is -0.137. The van der Waals surface area contributed by atoms with E-state index in [9.17, 15) is 18.0 Å². The van der Waals surface area contributed by atoms with Crippen molar-refractivity contribution in [2.45, 2.75) is 38.4 Å². The zero-order valence-corrected chi connectivity index (χ0v) is 16.6. The van der Waals surface area contributed by atoms with E-state index in [2.05, 4.69) is 21.4 Å². The number of carbonyl (C=O) groups is 1. The summed E-state index contributed by atoms with van der Waals surface area (Å²) in [5, 5.41) is 12.7. The van der Waals surface area contributed by atoms with Gasteiger partial charge >= 0.3 is 6.18 Å². The van der Waals surface area contributed by atoms with Crippen molar-refractivity contribution in [1.82, 2.24) is 20.2 Å². The first kappa shape index (κ1) is 21.2. The maximum atomic E-state index is 12.7. The second kappa shape index (κ2) is 8.88. The maximum absolute atomic E-state index is 12.7. The lowest BCUT2D eigenvalue weighted by Gasteiger charge is -2.19. The highest BCUT2D eigenvalue weighted by atomic mass is 32.1. The van der Waals surface area contributed by atoms with Crippen LogP contribution in [0.4, 0.5) is 13.2 Å². The largest absolute Gasteiger partial charge is 0.417 e. The molecule has 1 atom stereocenters. The molecule has 3 heterocycles. The van der Waals surface area contributed by atoms with Crippen LogP contribution in [0.2, 0.25) is 0 Å². The molecule has 1 aliphatic rings. The van der Waals surface area contributed by atoms with E-state index >= 15 is 0 Å². The van der Waals surface area contributed by atoms with Crippen LogP contribution in [-0.2, 0) is 17.4 Å². The Kier molecular flexibility index (Phi) is 6.49. The van der Waals surface area contributed by atoms with Crippen LogP contribution in [-0.4, -0.2) is 46.5 Å². The van der Waals surface area contributed by atoms with Gasteiger partial charge < -0.3 is 10.2 Å². The molecular weight excluding hydrogens is 403 g/mol. The van der Waals surface area contributed by atoms with E-state index in [1.807, 2.05) is 6.92 Å². The van der Waals surface area contributed by atoms with Gasteiger partial charge in [0.15, 0.2) is 0 Å². The fourth-order valence-electron chi connectivity index (χ4n) is 3.16. The number of thiazole rings is 1. The minimum absolute atomic E-state index is 0.0845. The van der Waals surface area contributed by atoms with Crippen LogP contribution in [0.3, 0.4) is 0 Å². The Labute approximate surface area is 170 Å². The summed E-state index contributed by atoms with van der Waals surface area (Å²) < 4.78 is 38.0. The highest BCUT2D eigenvalue weighted by Gasteiger charge is 2.31. The molecule has 3 rings (SSSR count). The third kappa shape index (κ3) is 5.10.